The third kappa shape index (κ3) is 3.22. The molecule has 10 heteroatoms. The molecule has 0 amide bonds. The van der Waals surface area contributed by atoms with E-state index in [4.69, 9.17) is 9.84 Å². The summed E-state index contributed by atoms with van der Waals surface area (Å²) in [6.45, 7) is 2.06. The third-order valence-electron chi connectivity index (χ3n) is 4.09. The lowest BCUT2D eigenvalue weighted by atomic mass is 10.1. The van der Waals surface area contributed by atoms with Crippen LogP contribution in [0.15, 0.2) is 41.7 Å². The number of carbonyl (C=O) groups is 1. The van der Waals surface area contributed by atoms with Crippen molar-refractivity contribution < 1.29 is 14.6 Å². The van der Waals surface area contributed by atoms with Gasteiger partial charge in [0, 0.05) is 11.8 Å². The number of benzene rings is 1. The summed E-state index contributed by atoms with van der Waals surface area (Å²) in [4.78, 5) is 37.0. The number of aromatic nitrogens is 6. The van der Waals surface area contributed by atoms with Gasteiger partial charge in [-0.15, -0.1) is 0 Å². The van der Waals surface area contributed by atoms with Crippen LogP contribution in [0.3, 0.4) is 0 Å². The summed E-state index contributed by atoms with van der Waals surface area (Å²) in [7, 11) is 0. The van der Waals surface area contributed by atoms with Crippen molar-refractivity contribution >= 4 is 17.1 Å². The average Bonchev–Trinajstić information content (AvgIpc) is 3.31. The summed E-state index contributed by atoms with van der Waals surface area (Å²) in [5.41, 5.74) is 2.46. The highest BCUT2D eigenvalue weighted by Gasteiger charge is 2.14. The fourth-order valence-corrected chi connectivity index (χ4v) is 2.88. The van der Waals surface area contributed by atoms with Gasteiger partial charge in [0.15, 0.2) is 11.2 Å². The molecule has 0 aliphatic heterocycles. The number of nitrogens with zero attached hydrogens (tertiary/aromatic N) is 4. The van der Waals surface area contributed by atoms with E-state index in [2.05, 4.69) is 25.0 Å². The highest BCUT2D eigenvalue weighted by atomic mass is 16.5. The van der Waals surface area contributed by atoms with E-state index in [1.165, 1.54) is 11.0 Å². The lowest BCUT2D eigenvalue weighted by Gasteiger charge is -2.11. The van der Waals surface area contributed by atoms with Crippen molar-refractivity contribution in [2.24, 2.45) is 0 Å². The summed E-state index contributed by atoms with van der Waals surface area (Å²) in [5.74, 6) is -0.0736. The lowest BCUT2D eigenvalue weighted by molar-refractivity contribution is -0.137. The van der Waals surface area contributed by atoms with Crippen LogP contribution in [0, 0.1) is 0 Å². The zero-order valence-corrected chi connectivity index (χ0v) is 14.8. The molecule has 4 rings (SSSR count). The van der Waals surface area contributed by atoms with Crippen LogP contribution >= 0.6 is 0 Å². The number of ether oxygens (including phenoxy) is 1. The first-order chi connectivity index (χ1) is 13.5. The molecule has 28 heavy (non-hydrogen) atoms. The highest BCUT2D eigenvalue weighted by molar-refractivity contribution is 5.76. The van der Waals surface area contributed by atoms with Gasteiger partial charge in [0.2, 0.25) is 0 Å². The first kappa shape index (κ1) is 17.5. The number of hydrogen-bond donors (Lipinski definition) is 3. The molecule has 0 aliphatic carbocycles. The highest BCUT2D eigenvalue weighted by Crippen LogP contribution is 2.32. The van der Waals surface area contributed by atoms with Crippen LogP contribution in [0.2, 0.25) is 0 Å². The number of fused-ring (bicyclic) bond motifs is 1. The maximum Gasteiger partial charge on any atom is 0.325 e. The molecule has 0 unspecified atom stereocenters. The summed E-state index contributed by atoms with van der Waals surface area (Å²) in [6.07, 6.45) is 4.65. The minimum absolute atomic E-state index is 0.217. The van der Waals surface area contributed by atoms with Gasteiger partial charge in [-0.1, -0.05) is 6.07 Å². The van der Waals surface area contributed by atoms with Crippen LogP contribution in [0.5, 0.6) is 5.75 Å². The zero-order valence-electron chi connectivity index (χ0n) is 14.8. The molecule has 3 N–H and O–H groups in total. The maximum atomic E-state index is 12.2. The largest absolute Gasteiger partial charge is 0.493 e. The van der Waals surface area contributed by atoms with Gasteiger partial charge in [-0.3, -0.25) is 14.3 Å². The number of nitrogens with one attached hydrogen (secondary N) is 2. The predicted molar refractivity (Wildman–Crippen MR) is 100.0 cm³/mol. The predicted octanol–water partition coefficient (Wildman–Crippen LogP) is 1.66. The minimum Gasteiger partial charge on any atom is -0.493 e. The number of hydrogen-bond acceptors (Lipinski definition) is 6. The summed E-state index contributed by atoms with van der Waals surface area (Å²) in [6, 6.07) is 5.42. The van der Waals surface area contributed by atoms with Crippen LogP contribution in [-0.2, 0) is 11.3 Å². The fraction of sp³-hybridized carbons (Fsp3) is 0.167. The molecule has 10 nitrogen and oxygen atoms in total. The van der Waals surface area contributed by atoms with E-state index in [0.717, 1.165) is 11.1 Å². The number of imidazole rings is 1. The smallest absolute Gasteiger partial charge is 0.325 e. The first-order valence-corrected chi connectivity index (χ1v) is 8.50. The third-order valence-corrected chi connectivity index (χ3v) is 4.09. The molecule has 4 aromatic rings. The van der Waals surface area contributed by atoms with Crippen molar-refractivity contribution in [3.05, 3.63) is 47.3 Å². The van der Waals surface area contributed by atoms with Crippen molar-refractivity contribution in [3.8, 4) is 28.3 Å². The number of carboxylic acids is 1. The van der Waals surface area contributed by atoms with Gasteiger partial charge in [-0.2, -0.15) is 5.10 Å². The first-order valence-electron chi connectivity index (χ1n) is 8.50. The Labute approximate surface area is 157 Å². The molecule has 0 radical (unpaired) electrons. The zero-order chi connectivity index (χ0) is 19.7. The van der Waals surface area contributed by atoms with E-state index in [0.29, 0.717) is 29.4 Å². The van der Waals surface area contributed by atoms with Crippen LogP contribution in [-0.4, -0.2) is 47.4 Å². The van der Waals surface area contributed by atoms with Crippen LogP contribution in [0.1, 0.15) is 6.92 Å². The van der Waals surface area contributed by atoms with Crippen LogP contribution in [0.4, 0.5) is 0 Å². The molecule has 3 heterocycles. The van der Waals surface area contributed by atoms with Gasteiger partial charge < -0.3 is 19.8 Å². The van der Waals surface area contributed by atoms with Crippen molar-refractivity contribution in [2.45, 2.75) is 13.5 Å². The molecule has 0 aliphatic rings. The van der Waals surface area contributed by atoms with Gasteiger partial charge in [-0.25, -0.2) is 9.97 Å². The lowest BCUT2D eigenvalue weighted by Crippen LogP contribution is -2.10. The second-order valence-electron chi connectivity index (χ2n) is 5.98. The number of H-pyrrole nitrogens is 2. The molecule has 142 valence electrons. The maximum absolute atomic E-state index is 12.2. The SMILES string of the molecule is CCOc1cc(-c2cnn(CC(=O)O)c2)ccc1-c1nc2[nH]cnc2c(=O)[nH]1. The summed E-state index contributed by atoms with van der Waals surface area (Å²) < 4.78 is 7.09. The second kappa shape index (κ2) is 6.99. The number of carboxylic acid groups (broad SMARTS) is 1. The second-order valence-corrected chi connectivity index (χ2v) is 5.98. The normalized spacial score (nSPS) is 11.0. The number of aliphatic carboxylic acids is 1. The van der Waals surface area contributed by atoms with Gasteiger partial charge in [-0.05, 0) is 24.6 Å². The van der Waals surface area contributed by atoms with Gasteiger partial charge in [0.25, 0.3) is 5.56 Å². The Morgan fingerprint density at radius 1 is 1.32 bits per heavy atom. The average molecular weight is 380 g/mol. The van der Waals surface area contributed by atoms with Gasteiger partial charge >= 0.3 is 5.97 Å². The van der Waals surface area contributed by atoms with Crippen molar-refractivity contribution in [1.29, 1.82) is 0 Å². The van der Waals surface area contributed by atoms with E-state index in [-0.39, 0.29) is 17.6 Å². The number of rotatable bonds is 6. The molecule has 1 aromatic carbocycles. The monoisotopic (exact) mass is 380 g/mol. The minimum atomic E-state index is -0.968. The molecule has 0 fully saturated rings. The van der Waals surface area contributed by atoms with Gasteiger partial charge in [0.1, 0.15) is 18.1 Å². The van der Waals surface area contributed by atoms with E-state index >= 15 is 0 Å². The molecule has 3 aromatic heterocycles. The van der Waals surface area contributed by atoms with Crippen LogP contribution in [0.25, 0.3) is 33.7 Å². The Morgan fingerprint density at radius 2 is 2.18 bits per heavy atom. The van der Waals surface area contributed by atoms with Crippen molar-refractivity contribution in [2.75, 3.05) is 6.61 Å². The summed E-state index contributed by atoms with van der Waals surface area (Å²) >= 11 is 0. The Morgan fingerprint density at radius 3 is 2.96 bits per heavy atom. The Kier molecular flexibility index (Phi) is 4.36. The molecular formula is C18H16N6O4. The molecular weight excluding hydrogens is 364 g/mol. The Balaban J connectivity index is 1.77. The van der Waals surface area contributed by atoms with E-state index < -0.39 is 5.97 Å². The molecule has 0 atom stereocenters. The van der Waals surface area contributed by atoms with Crippen LogP contribution < -0.4 is 10.3 Å². The van der Waals surface area contributed by atoms with Crippen molar-refractivity contribution in [1.82, 2.24) is 29.7 Å². The Hall–Kier alpha value is -3.95. The molecule has 0 spiro atoms. The fourth-order valence-electron chi connectivity index (χ4n) is 2.88. The van der Waals surface area contributed by atoms with E-state index in [1.807, 2.05) is 13.0 Å². The van der Waals surface area contributed by atoms with E-state index in [1.54, 1.807) is 24.5 Å². The number of aromatic amines is 2. The topological polar surface area (TPSA) is 139 Å². The molecule has 0 bridgehead atoms. The Bertz CT molecular complexity index is 1220. The molecule has 0 saturated carbocycles. The van der Waals surface area contributed by atoms with Crippen molar-refractivity contribution in [3.63, 3.8) is 0 Å². The van der Waals surface area contributed by atoms with Gasteiger partial charge in [0.05, 0.1) is 24.7 Å². The standard InChI is InChI=1S/C18H16N6O4/c1-2-28-13-5-10(11-6-21-24(7-11)8-14(25)26)3-4-12(13)16-22-17-15(18(27)23-16)19-9-20-17/h3-7,9H,2,8H2,1H3,(H,25,26)(H2,19,20,22,23,27). The molecule has 0 saturated heterocycles. The van der Waals surface area contributed by atoms with E-state index in [9.17, 15) is 9.59 Å². The summed E-state index contributed by atoms with van der Waals surface area (Å²) in [5, 5.41) is 12.9. The quantitative estimate of drug-likeness (QED) is 0.462.